The minimum atomic E-state index is -0.505. The van der Waals surface area contributed by atoms with Crippen molar-refractivity contribution in [1.82, 2.24) is 25.7 Å². The van der Waals surface area contributed by atoms with E-state index in [9.17, 15) is 4.79 Å². The van der Waals surface area contributed by atoms with Gasteiger partial charge in [-0.05, 0) is 34.1 Å². The fourth-order valence-corrected chi connectivity index (χ4v) is 2.74. The summed E-state index contributed by atoms with van der Waals surface area (Å²) in [7, 11) is 0. The molecule has 2 heterocycles. The number of nitrogens with one attached hydrogen (secondary N) is 2. The Bertz CT molecular complexity index is 693. The highest BCUT2D eigenvalue weighted by molar-refractivity contribution is 14.0. The van der Waals surface area contributed by atoms with Gasteiger partial charge in [0, 0.05) is 25.0 Å². The molecule has 10 heteroatoms. The number of likely N-dealkylation sites (tertiary alicyclic amines) is 1. The summed E-state index contributed by atoms with van der Waals surface area (Å²) in [6.45, 7) is 16.2. The molecule has 0 bridgehead atoms. The first-order valence-corrected chi connectivity index (χ1v) is 9.84. The van der Waals surface area contributed by atoms with Crippen molar-refractivity contribution in [2.24, 2.45) is 4.99 Å². The van der Waals surface area contributed by atoms with Gasteiger partial charge in [0.25, 0.3) is 0 Å². The minimum Gasteiger partial charge on any atom is -0.444 e. The Balaban J connectivity index is 0.00000420. The number of carbonyl (C=O) groups is 1. The third-order valence-electron chi connectivity index (χ3n) is 4.02. The van der Waals surface area contributed by atoms with Crippen LogP contribution >= 0.6 is 24.0 Å². The Kier molecular flexibility index (Phi) is 9.16. The monoisotopic (exact) mass is 522 g/mol. The molecular formula is C19H35IN6O3. The highest BCUT2D eigenvalue weighted by Gasteiger charge is 2.28. The van der Waals surface area contributed by atoms with Gasteiger partial charge < -0.3 is 24.8 Å². The van der Waals surface area contributed by atoms with E-state index in [4.69, 9.17) is 9.26 Å². The maximum atomic E-state index is 12.0. The van der Waals surface area contributed by atoms with Crippen LogP contribution in [0.4, 0.5) is 4.79 Å². The van der Waals surface area contributed by atoms with Crippen molar-refractivity contribution < 1.29 is 14.1 Å². The summed E-state index contributed by atoms with van der Waals surface area (Å²) >= 11 is 0. The second-order valence-corrected chi connectivity index (χ2v) is 9.01. The molecule has 0 aromatic carbocycles. The van der Waals surface area contributed by atoms with E-state index in [-0.39, 0.29) is 41.5 Å². The molecule has 1 amide bonds. The fourth-order valence-electron chi connectivity index (χ4n) is 2.74. The molecule has 29 heavy (non-hydrogen) atoms. The zero-order valence-corrected chi connectivity index (χ0v) is 20.9. The molecule has 166 valence electrons. The average molecular weight is 522 g/mol. The van der Waals surface area contributed by atoms with Crippen molar-refractivity contribution in [1.29, 1.82) is 0 Å². The number of hydrogen-bond acceptors (Lipinski definition) is 6. The lowest BCUT2D eigenvalue weighted by Gasteiger charge is -2.23. The second kappa shape index (κ2) is 10.4. The number of aromatic nitrogens is 2. The predicted octanol–water partition coefficient (Wildman–Crippen LogP) is 3.05. The zero-order valence-electron chi connectivity index (χ0n) is 18.5. The Hall–Kier alpha value is -1.59. The quantitative estimate of drug-likeness (QED) is 0.356. The molecule has 0 aliphatic carbocycles. The molecule has 0 spiro atoms. The van der Waals surface area contributed by atoms with Crippen LogP contribution in [0, 0.1) is 0 Å². The summed E-state index contributed by atoms with van der Waals surface area (Å²) in [5, 5.41) is 10.2. The molecule has 2 N–H and O–H groups in total. The van der Waals surface area contributed by atoms with E-state index < -0.39 is 5.60 Å². The molecule has 1 aromatic heterocycles. The molecular weight excluding hydrogens is 487 g/mol. The van der Waals surface area contributed by atoms with Crippen LogP contribution in [0.2, 0.25) is 0 Å². The summed E-state index contributed by atoms with van der Waals surface area (Å²) in [6, 6.07) is 0.0244. The van der Waals surface area contributed by atoms with Gasteiger partial charge in [0.1, 0.15) is 12.1 Å². The van der Waals surface area contributed by atoms with Crippen LogP contribution in [0.15, 0.2) is 9.52 Å². The molecule has 1 aliphatic heterocycles. The van der Waals surface area contributed by atoms with Gasteiger partial charge in [-0.15, -0.1) is 24.0 Å². The summed E-state index contributed by atoms with van der Waals surface area (Å²) in [5.41, 5.74) is -0.690. The Morgan fingerprint density at radius 3 is 2.55 bits per heavy atom. The van der Waals surface area contributed by atoms with Crippen LogP contribution in [-0.2, 0) is 16.7 Å². The number of hydrogen-bond donors (Lipinski definition) is 2. The number of aliphatic imine (C=N–C) groups is 1. The number of nitrogens with zero attached hydrogens (tertiary/aromatic N) is 4. The van der Waals surface area contributed by atoms with Crippen LogP contribution in [-0.4, -0.2) is 58.4 Å². The van der Waals surface area contributed by atoms with E-state index in [0.717, 1.165) is 25.5 Å². The van der Waals surface area contributed by atoms with Gasteiger partial charge in [-0.1, -0.05) is 25.9 Å². The summed E-state index contributed by atoms with van der Waals surface area (Å²) < 4.78 is 10.7. The summed E-state index contributed by atoms with van der Waals surface area (Å²) in [4.78, 5) is 23.2. The molecule has 0 radical (unpaired) electrons. The Morgan fingerprint density at radius 1 is 1.31 bits per heavy atom. The van der Waals surface area contributed by atoms with E-state index in [1.165, 1.54) is 0 Å². The van der Waals surface area contributed by atoms with E-state index in [1.54, 1.807) is 0 Å². The standard InChI is InChI=1S/C19H34N6O3.HI/c1-8-20-16(21-11-14-23-15(28-24-14)18(2,3)4)25-10-9-13(12-25)22-17(26)27-19(5,6)7;/h13H,8-12H2,1-7H3,(H,20,21)(H,22,26);1H. The number of carbonyl (C=O) groups excluding carboxylic acids is 1. The molecule has 1 atom stereocenters. The van der Waals surface area contributed by atoms with Gasteiger partial charge in [0.15, 0.2) is 11.8 Å². The normalized spacial score (nSPS) is 17.7. The molecule has 9 nitrogen and oxygen atoms in total. The number of rotatable bonds is 4. The third kappa shape index (κ3) is 8.35. The second-order valence-electron chi connectivity index (χ2n) is 9.01. The van der Waals surface area contributed by atoms with E-state index in [1.807, 2.05) is 48.5 Å². The number of alkyl carbamates (subject to hydrolysis) is 1. The number of guanidine groups is 1. The van der Waals surface area contributed by atoms with Crippen LogP contribution < -0.4 is 10.6 Å². The van der Waals surface area contributed by atoms with Crippen molar-refractivity contribution in [3.63, 3.8) is 0 Å². The number of amides is 1. The first-order valence-electron chi connectivity index (χ1n) is 9.84. The van der Waals surface area contributed by atoms with E-state index in [0.29, 0.717) is 24.8 Å². The molecule has 1 fully saturated rings. The van der Waals surface area contributed by atoms with E-state index >= 15 is 0 Å². The third-order valence-corrected chi connectivity index (χ3v) is 4.02. The lowest BCUT2D eigenvalue weighted by molar-refractivity contribution is 0.0507. The lowest BCUT2D eigenvalue weighted by atomic mass is 9.97. The van der Waals surface area contributed by atoms with Gasteiger partial charge >= 0.3 is 6.09 Å². The van der Waals surface area contributed by atoms with E-state index in [2.05, 4.69) is 30.7 Å². The first kappa shape index (κ1) is 25.4. The smallest absolute Gasteiger partial charge is 0.407 e. The van der Waals surface area contributed by atoms with Gasteiger partial charge in [-0.2, -0.15) is 4.98 Å². The lowest BCUT2D eigenvalue weighted by Crippen LogP contribution is -2.44. The predicted molar refractivity (Wildman–Crippen MR) is 123 cm³/mol. The summed E-state index contributed by atoms with van der Waals surface area (Å²) in [6.07, 6.45) is 0.447. The fraction of sp³-hybridized carbons (Fsp3) is 0.789. The van der Waals surface area contributed by atoms with Crippen molar-refractivity contribution in [2.75, 3.05) is 19.6 Å². The average Bonchev–Trinajstić information content (AvgIpc) is 3.18. The molecule has 1 aromatic rings. The maximum Gasteiger partial charge on any atom is 0.407 e. The van der Waals surface area contributed by atoms with Gasteiger partial charge in [-0.25, -0.2) is 9.79 Å². The Labute approximate surface area is 190 Å². The topological polar surface area (TPSA) is 105 Å². The first-order chi connectivity index (χ1) is 13.0. The molecule has 0 saturated carbocycles. The molecule has 1 unspecified atom stereocenters. The minimum absolute atomic E-state index is 0. The van der Waals surface area contributed by atoms with Crippen LogP contribution in [0.5, 0.6) is 0 Å². The zero-order chi connectivity index (χ0) is 20.9. The molecule has 1 aliphatic rings. The highest BCUT2D eigenvalue weighted by Crippen LogP contribution is 2.20. The van der Waals surface area contributed by atoms with Crippen molar-refractivity contribution >= 4 is 36.0 Å². The van der Waals surface area contributed by atoms with Crippen molar-refractivity contribution in [3.05, 3.63) is 11.7 Å². The SMILES string of the molecule is CCNC(=NCc1noc(C(C)(C)C)n1)N1CCC(NC(=O)OC(C)(C)C)C1.I. The van der Waals surface area contributed by atoms with Gasteiger partial charge in [0.2, 0.25) is 5.89 Å². The van der Waals surface area contributed by atoms with Crippen molar-refractivity contribution in [3.8, 4) is 0 Å². The van der Waals surface area contributed by atoms with Crippen LogP contribution in [0.25, 0.3) is 0 Å². The number of halogens is 1. The number of ether oxygens (including phenoxy) is 1. The molecule has 1 saturated heterocycles. The van der Waals surface area contributed by atoms with Crippen LogP contribution in [0.1, 0.15) is 66.6 Å². The Morgan fingerprint density at radius 2 is 2.00 bits per heavy atom. The van der Waals surface area contributed by atoms with Gasteiger partial charge in [0.05, 0.1) is 6.04 Å². The molecule has 2 rings (SSSR count). The maximum absolute atomic E-state index is 12.0. The largest absolute Gasteiger partial charge is 0.444 e. The van der Waals surface area contributed by atoms with Gasteiger partial charge in [-0.3, -0.25) is 0 Å². The summed E-state index contributed by atoms with van der Waals surface area (Å²) in [5.74, 6) is 1.94. The van der Waals surface area contributed by atoms with Crippen LogP contribution in [0.3, 0.4) is 0 Å². The highest BCUT2D eigenvalue weighted by atomic mass is 127. The van der Waals surface area contributed by atoms with Crippen molar-refractivity contribution in [2.45, 2.75) is 78.5 Å².